The number of hydrogen-bond donors (Lipinski definition) is 2. The van der Waals surface area contributed by atoms with E-state index in [4.69, 9.17) is 4.74 Å². The Labute approximate surface area is 102 Å². The highest BCUT2D eigenvalue weighted by Crippen LogP contribution is 2.10. The number of ether oxygens (including phenoxy) is 1. The van der Waals surface area contributed by atoms with E-state index >= 15 is 0 Å². The summed E-state index contributed by atoms with van der Waals surface area (Å²) in [6.45, 7) is 1.52. The second-order valence-corrected chi connectivity index (χ2v) is 3.54. The Morgan fingerprint density at radius 3 is 2.78 bits per heavy atom. The van der Waals surface area contributed by atoms with Gasteiger partial charge in [-0.2, -0.15) is 4.98 Å². The van der Waals surface area contributed by atoms with Crippen LogP contribution in [0, 0.1) is 12.7 Å². The van der Waals surface area contributed by atoms with E-state index in [1.807, 2.05) is 0 Å². The van der Waals surface area contributed by atoms with E-state index in [1.165, 1.54) is 24.3 Å². The van der Waals surface area contributed by atoms with Crippen LogP contribution in [0.2, 0.25) is 0 Å². The molecule has 94 valence electrons. The normalized spacial score (nSPS) is 10.1. The summed E-state index contributed by atoms with van der Waals surface area (Å²) >= 11 is 0. The van der Waals surface area contributed by atoms with Gasteiger partial charge in [0.05, 0.1) is 0 Å². The summed E-state index contributed by atoms with van der Waals surface area (Å²) in [6.07, 6.45) is 0. The minimum Gasteiger partial charge on any atom is -0.484 e. The van der Waals surface area contributed by atoms with Gasteiger partial charge in [-0.25, -0.2) is 4.39 Å². The van der Waals surface area contributed by atoms with Gasteiger partial charge in [-0.05, 0) is 31.2 Å². The maximum absolute atomic E-state index is 12.6. The first-order valence-electron chi connectivity index (χ1n) is 5.21. The molecule has 0 atom stereocenters. The summed E-state index contributed by atoms with van der Waals surface area (Å²) in [5, 5.41) is 8.80. The number of carbonyl (C=O) groups is 1. The monoisotopic (exact) mass is 250 g/mol. The van der Waals surface area contributed by atoms with Crippen LogP contribution in [0.15, 0.2) is 24.3 Å². The zero-order valence-electron chi connectivity index (χ0n) is 9.61. The predicted octanol–water partition coefficient (Wildman–Crippen LogP) is 1.27. The van der Waals surface area contributed by atoms with E-state index in [-0.39, 0.29) is 18.4 Å². The third-order valence-electron chi connectivity index (χ3n) is 2.03. The highest BCUT2D eigenvalue weighted by molar-refractivity contribution is 5.90. The van der Waals surface area contributed by atoms with Crippen LogP contribution in [-0.4, -0.2) is 27.7 Å². The summed E-state index contributed by atoms with van der Waals surface area (Å²) in [7, 11) is 0. The second-order valence-electron chi connectivity index (χ2n) is 3.54. The molecule has 1 aromatic carbocycles. The fourth-order valence-electron chi connectivity index (χ4n) is 1.24. The number of H-pyrrole nitrogens is 1. The molecular weight excluding hydrogens is 239 g/mol. The van der Waals surface area contributed by atoms with Crippen molar-refractivity contribution < 1.29 is 13.9 Å². The van der Waals surface area contributed by atoms with Crippen molar-refractivity contribution in [1.29, 1.82) is 0 Å². The third kappa shape index (κ3) is 3.27. The molecule has 6 nitrogen and oxygen atoms in total. The van der Waals surface area contributed by atoms with Crippen LogP contribution in [0.5, 0.6) is 5.75 Å². The lowest BCUT2D eigenvalue weighted by molar-refractivity contribution is -0.118. The topological polar surface area (TPSA) is 79.9 Å². The molecule has 18 heavy (non-hydrogen) atoms. The van der Waals surface area contributed by atoms with Crippen molar-refractivity contribution in [1.82, 2.24) is 15.2 Å². The van der Waals surface area contributed by atoms with Crippen LogP contribution in [-0.2, 0) is 4.79 Å². The number of aromatic nitrogens is 3. The van der Waals surface area contributed by atoms with E-state index in [2.05, 4.69) is 20.5 Å². The maximum Gasteiger partial charge on any atom is 0.264 e. The minimum atomic E-state index is -0.390. The summed E-state index contributed by atoms with van der Waals surface area (Å²) in [4.78, 5) is 15.4. The van der Waals surface area contributed by atoms with Crippen LogP contribution in [0.3, 0.4) is 0 Å². The minimum absolute atomic E-state index is 0.195. The first-order chi connectivity index (χ1) is 8.63. The lowest BCUT2D eigenvalue weighted by Gasteiger charge is -2.04. The van der Waals surface area contributed by atoms with Gasteiger partial charge in [0, 0.05) is 0 Å². The van der Waals surface area contributed by atoms with Gasteiger partial charge in [0.25, 0.3) is 5.91 Å². The highest BCUT2D eigenvalue weighted by atomic mass is 19.1. The Bertz CT molecular complexity index is 538. The van der Waals surface area contributed by atoms with E-state index in [0.29, 0.717) is 11.6 Å². The Hall–Kier alpha value is -2.44. The number of aryl methyl sites for hydroxylation is 1. The largest absolute Gasteiger partial charge is 0.484 e. The van der Waals surface area contributed by atoms with Gasteiger partial charge in [0.15, 0.2) is 6.61 Å². The van der Waals surface area contributed by atoms with Crippen LogP contribution >= 0.6 is 0 Å². The van der Waals surface area contributed by atoms with Crippen molar-refractivity contribution in [3.05, 3.63) is 35.9 Å². The van der Waals surface area contributed by atoms with Crippen LogP contribution in [0.25, 0.3) is 0 Å². The number of anilines is 1. The van der Waals surface area contributed by atoms with E-state index < -0.39 is 5.91 Å². The molecule has 0 bridgehead atoms. The molecule has 2 N–H and O–H groups in total. The standard InChI is InChI=1S/C11H11FN4O2/c1-7-13-11(16-15-7)14-10(17)6-18-9-4-2-8(12)3-5-9/h2-5H,6H2,1H3,(H2,13,14,15,16,17). The Kier molecular flexibility index (Phi) is 3.52. The summed E-state index contributed by atoms with van der Waals surface area (Å²) in [5.41, 5.74) is 0. The Balaban J connectivity index is 1.83. The highest BCUT2D eigenvalue weighted by Gasteiger charge is 2.06. The first-order valence-corrected chi connectivity index (χ1v) is 5.21. The van der Waals surface area contributed by atoms with Crippen molar-refractivity contribution in [2.45, 2.75) is 6.92 Å². The van der Waals surface area contributed by atoms with Gasteiger partial charge in [-0.1, -0.05) is 0 Å². The smallest absolute Gasteiger partial charge is 0.264 e. The molecule has 0 aliphatic rings. The molecule has 0 aliphatic heterocycles. The fourth-order valence-corrected chi connectivity index (χ4v) is 1.24. The van der Waals surface area contributed by atoms with Gasteiger partial charge in [-0.15, -0.1) is 5.10 Å². The zero-order chi connectivity index (χ0) is 13.0. The van der Waals surface area contributed by atoms with Crippen molar-refractivity contribution in [2.24, 2.45) is 0 Å². The zero-order valence-corrected chi connectivity index (χ0v) is 9.61. The van der Waals surface area contributed by atoms with Gasteiger partial charge in [0.2, 0.25) is 5.95 Å². The number of benzene rings is 1. The number of aromatic amines is 1. The van der Waals surface area contributed by atoms with Crippen molar-refractivity contribution in [3.8, 4) is 5.75 Å². The van der Waals surface area contributed by atoms with Crippen molar-refractivity contribution in [3.63, 3.8) is 0 Å². The third-order valence-corrected chi connectivity index (χ3v) is 2.03. The second kappa shape index (κ2) is 5.26. The molecule has 0 saturated heterocycles. The van der Waals surface area contributed by atoms with E-state index in [0.717, 1.165) is 0 Å². The molecule has 0 aliphatic carbocycles. The molecule has 2 aromatic rings. The quantitative estimate of drug-likeness (QED) is 0.856. The van der Waals surface area contributed by atoms with Gasteiger partial charge in [0.1, 0.15) is 17.4 Å². The lowest BCUT2D eigenvalue weighted by Crippen LogP contribution is -2.20. The average Bonchev–Trinajstić information content (AvgIpc) is 2.74. The molecule has 0 radical (unpaired) electrons. The van der Waals surface area contributed by atoms with E-state index in [1.54, 1.807) is 6.92 Å². The Morgan fingerprint density at radius 2 is 2.17 bits per heavy atom. The molecule has 0 fully saturated rings. The number of nitrogens with one attached hydrogen (secondary N) is 2. The SMILES string of the molecule is Cc1nc(NC(=O)COc2ccc(F)cc2)n[nH]1. The molecule has 0 spiro atoms. The molecule has 0 saturated carbocycles. The molecular formula is C11H11FN4O2. The number of amides is 1. The molecule has 1 amide bonds. The molecule has 1 heterocycles. The summed E-state index contributed by atoms with van der Waals surface area (Å²) < 4.78 is 17.8. The van der Waals surface area contributed by atoms with Gasteiger partial charge in [-0.3, -0.25) is 15.2 Å². The number of rotatable bonds is 4. The van der Waals surface area contributed by atoms with Crippen molar-refractivity contribution >= 4 is 11.9 Å². The van der Waals surface area contributed by atoms with Crippen LogP contribution in [0.1, 0.15) is 5.82 Å². The maximum atomic E-state index is 12.6. The molecule has 2 rings (SSSR count). The van der Waals surface area contributed by atoms with Gasteiger partial charge >= 0.3 is 0 Å². The first kappa shape index (κ1) is 12.0. The number of carbonyl (C=O) groups excluding carboxylic acids is 1. The summed E-state index contributed by atoms with van der Waals surface area (Å²) in [5.74, 6) is 0.462. The van der Waals surface area contributed by atoms with Crippen LogP contribution in [0.4, 0.5) is 10.3 Å². The van der Waals surface area contributed by atoms with Crippen LogP contribution < -0.4 is 10.1 Å². The average molecular weight is 250 g/mol. The summed E-state index contributed by atoms with van der Waals surface area (Å²) in [6, 6.07) is 5.40. The number of nitrogens with zero attached hydrogens (tertiary/aromatic N) is 2. The van der Waals surface area contributed by atoms with E-state index in [9.17, 15) is 9.18 Å². The molecule has 0 unspecified atom stereocenters. The predicted molar refractivity (Wildman–Crippen MR) is 61.6 cm³/mol. The lowest BCUT2D eigenvalue weighted by atomic mass is 10.3. The van der Waals surface area contributed by atoms with Crippen molar-refractivity contribution in [2.75, 3.05) is 11.9 Å². The molecule has 1 aromatic heterocycles. The molecule has 7 heteroatoms. The fraction of sp³-hybridized carbons (Fsp3) is 0.182. The number of hydrogen-bond acceptors (Lipinski definition) is 4. The number of halogens is 1. The van der Waals surface area contributed by atoms with Gasteiger partial charge < -0.3 is 4.74 Å². The Morgan fingerprint density at radius 1 is 1.44 bits per heavy atom.